The van der Waals surface area contributed by atoms with Crippen molar-refractivity contribution in [2.24, 2.45) is 0 Å². The Balaban J connectivity index is 1.55. The fraction of sp³-hybridized carbons (Fsp3) is 0.278. The van der Waals surface area contributed by atoms with Crippen molar-refractivity contribution < 1.29 is 0 Å². The number of hydrogen-bond donors (Lipinski definition) is 2. The van der Waals surface area contributed by atoms with Gasteiger partial charge in [-0.15, -0.1) is 0 Å². The molecule has 0 saturated heterocycles. The number of aromatic nitrogens is 2. The Morgan fingerprint density at radius 3 is 2.71 bits per heavy atom. The van der Waals surface area contributed by atoms with Crippen molar-refractivity contribution in [1.82, 2.24) is 15.3 Å². The summed E-state index contributed by atoms with van der Waals surface area (Å²) in [6.45, 7) is 4.00. The molecule has 3 nitrogen and oxygen atoms in total. The molecule has 0 atom stereocenters. The standard InChI is InChI=1S/C18H21N3/c1-2-14-8-9-16-17(12-14)21-18(20-16)10-11-19-13-15-6-4-3-5-7-15/h3-9,12,19H,2,10-11,13H2,1H3,(H,20,21). The maximum atomic E-state index is 4.64. The first-order chi connectivity index (χ1) is 10.3. The maximum absolute atomic E-state index is 4.64. The minimum atomic E-state index is 0.904. The molecule has 3 heteroatoms. The summed E-state index contributed by atoms with van der Waals surface area (Å²) in [5.41, 5.74) is 4.87. The van der Waals surface area contributed by atoms with Gasteiger partial charge in [-0.3, -0.25) is 0 Å². The molecule has 1 heterocycles. The Bertz CT molecular complexity index is 701. The normalized spacial score (nSPS) is 11.1. The number of fused-ring (bicyclic) bond motifs is 1. The van der Waals surface area contributed by atoms with Gasteiger partial charge in [0.25, 0.3) is 0 Å². The van der Waals surface area contributed by atoms with Crippen LogP contribution in [0.2, 0.25) is 0 Å². The minimum absolute atomic E-state index is 0.904. The van der Waals surface area contributed by atoms with Crippen molar-refractivity contribution >= 4 is 11.0 Å². The molecule has 1 aromatic heterocycles. The molecule has 108 valence electrons. The highest BCUT2D eigenvalue weighted by Gasteiger charge is 2.03. The first-order valence-electron chi connectivity index (χ1n) is 7.57. The first-order valence-corrected chi connectivity index (χ1v) is 7.57. The molecule has 0 aliphatic rings. The third kappa shape index (κ3) is 3.50. The van der Waals surface area contributed by atoms with Crippen LogP contribution in [0, 0.1) is 0 Å². The predicted octanol–water partition coefficient (Wildman–Crippen LogP) is 3.46. The molecule has 21 heavy (non-hydrogen) atoms. The molecule has 0 amide bonds. The lowest BCUT2D eigenvalue weighted by Crippen LogP contribution is -2.17. The van der Waals surface area contributed by atoms with E-state index in [1.807, 2.05) is 6.07 Å². The van der Waals surface area contributed by atoms with E-state index in [1.165, 1.54) is 11.1 Å². The van der Waals surface area contributed by atoms with Crippen LogP contribution in [0.4, 0.5) is 0 Å². The van der Waals surface area contributed by atoms with E-state index in [-0.39, 0.29) is 0 Å². The second-order valence-electron chi connectivity index (χ2n) is 5.30. The first kappa shape index (κ1) is 13.8. The summed E-state index contributed by atoms with van der Waals surface area (Å²) in [6.07, 6.45) is 1.98. The lowest BCUT2D eigenvalue weighted by molar-refractivity contribution is 0.675. The van der Waals surface area contributed by atoms with Crippen LogP contribution in [0.15, 0.2) is 48.5 Å². The van der Waals surface area contributed by atoms with Gasteiger partial charge in [0.05, 0.1) is 11.0 Å². The van der Waals surface area contributed by atoms with Crippen molar-refractivity contribution in [1.29, 1.82) is 0 Å². The van der Waals surface area contributed by atoms with E-state index in [1.54, 1.807) is 0 Å². The molecular weight excluding hydrogens is 258 g/mol. The van der Waals surface area contributed by atoms with Gasteiger partial charge in [0.2, 0.25) is 0 Å². The quantitative estimate of drug-likeness (QED) is 0.678. The van der Waals surface area contributed by atoms with E-state index in [9.17, 15) is 0 Å². The van der Waals surface area contributed by atoms with Crippen LogP contribution in [0.5, 0.6) is 0 Å². The van der Waals surface area contributed by atoms with Crippen LogP contribution in [0.3, 0.4) is 0 Å². The largest absolute Gasteiger partial charge is 0.342 e. The summed E-state index contributed by atoms with van der Waals surface area (Å²) < 4.78 is 0. The zero-order valence-corrected chi connectivity index (χ0v) is 12.4. The van der Waals surface area contributed by atoms with E-state index < -0.39 is 0 Å². The number of aromatic amines is 1. The van der Waals surface area contributed by atoms with Crippen molar-refractivity contribution in [3.05, 3.63) is 65.5 Å². The molecular formula is C18H21N3. The monoisotopic (exact) mass is 279 g/mol. The molecule has 2 aromatic carbocycles. The SMILES string of the molecule is CCc1ccc2nc(CCNCc3ccccc3)[nH]c2c1. The van der Waals surface area contributed by atoms with E-state index in [0.717, 1.165) is 42.8 Å². The Kier molecular flexibility index (Phi) is 4.31. The third-order valence-corrected chi connectivity index (χ3v) is 3.71. The number of nitrogens with zero attached hydrogens (tertiary/aromatic N) is 1. The topological polar surface area (TPSA) is 40.7 Å². The van der Waals surface area contributed by atoms with Crippen molar-refractivity contribution in [3.63, 3.8) is 0 Å². The van der Waals surface area contributed by atoms with Gasteiger partial charge in [-0.2, -0.15) is 0 Å². The molecule has 0 saturated carbocycles. The van der Waals surface area contributed by atoms with Gasteiger partial charge >= 0.3 is 0 Å². The Morgan fingerprint density at radius 1 is 1.05 bits per heavy atom. The van der Waals surface area contributed by atoms with Gasteiger partial charge in [-0.25, -0.2) is 4.98 Å². The smallest absolute Gasteiger partial charge is 0.108 e. The number of imidazole rings is 1. The van der Waals surface area contributed by atoms with Crippen LogP contribution in [-0.2, 0) is 19.4 Å². The number of nitrogens with one attached hydrogen (secondary N) is 2. The van der Waals surface area contributed by atoms with Crippen LogP contribution in [0.25, 0.3) is 11.0 Å². The van der Waals surface area contributed by atoms with Crippen LogP contribution in [0.1, 0.15) is 23.9 Å². The van der Waals surface area contributed by atoms with Gasteiger partial charge in [-0.1, -0.05) is 43.3 Å². The number of aryl methyl sites for hydroxylation is 1. The summed E-state index contributed by atoms with van der Waals surface area (Å²) >= 11 is 0. The average Bonchev–Trinajstić information content (AvgIpc) is 2.94. The molecule has 2 N–H and O–H groups in total. The fourth-order valence-corrected chi connectivity index (χ4v) is 2.48. The average molecular weight is 279 g/mol. The van der Waals surface area contributed by atoms with E-state index in [0.29, 0.717) is 0 Å². The van der Waals surface area contributed by atoms with Crippen LogP contribution >= 0.6 is 0 Å². The lowest BCUT2D eigenvalue weighted by Gasteiger charge is -2.03. The Labute approximate surface area is 125 Å². The van der Waals surface area contributed by atoms with Gasteiger partial charge < -0.3 is 10.3 Å². The molecule has 0 spiro atoms. The van der Waals surface area contributed by atoms with Crippen molar-refractivity contribution in [2.75, 3.05) is 6.54 Å². The highest BCUT2D eigenvalue weighted by atomic mass is 14.9. The summed E-state index contributed by atoms with van der Waals surface area (Å²) in [6, 6.07) is 16.9. The number of rotatable bonds is 6. The second-order valence-corrected chi connectivity index (χ2v) is 5.30. The maximum Gasteiger partial charge on any atom is 0.108 e. The van der Waals surface area contributed by atoms with Gasteiger partial charge in [-0.05, 0) is 29.7 Å². The van der Waals surface area contributed by atoms with Gasteiger partial charge in [0.1, 0.15) is 5.82 Å². The summed E-state index contributed by atoms with van der Waals surface area (Å²) in [4.78, 5) is 8.05. The summed E-state index contributed by atoms with van der Waals surface area (Å²) in [7, 11) is 0. The molecule has 0 aliphatic heterocycles. The van der Waals surface area contributed by atoms with Crippen molar-refractivity contribution in [3.8, 4) is 0 Å². The second kappa shape index (κ2) is 6.55. The highest BCUT2D eigenvalue weighted by Crippen LogP contribution is 2.14. The molecule has 0 unspecified atom stereocenters. The Morgan fingerprint density at radius 2 is 1.90 bits per heavy atom. The third-order valence-electron chi connectivity index (χ3n) is 3.71. The fourth-order valence-electron chi connectivity index (χ4n) is 2.48. The van der Waals surface area contributed by atoms with Gasteiger partial charge in [0, 0.05) is 19.5 Å². The molecule has 3 aromatic rings. The zero-order chi connectivity index (χ0) is 14.5. The van der Waals surface area contributed by atoms with E-state index >= 15 is 0 Å². The zero-order valence-electron chi connectivity index (χ0n) is 12.4. The van der Waals surface area contributed by atoms with E-state index in [2.05, 4.69) is 64.7 Å². The molecule has 0 radical (unpaired) electrons. The number of hydrogen-bond acceptors (Lipinski definition) is 2. The molecule has 3 rings (SSSR count). The van der Waals surface area contributed by atoms with Gasteiger partial charge in [0.15, 0.2) is 0 Å². The highest BCUT2D eigenvalue weighted by molar-refractivity contribution is 5.75. The predicted molar refractivity (Wildman–Crippen MR) is 87.3 cm³/mol. The molecule has 0 bridgehead atoms. The Hall–Kier alpha value is -2.13. The molecule has 0 fully saturated rings. The lowest BCUT2D eigenvalue weighted by atomic mass is 10.1. The molecule has 0 aliphatic carbocycles. The minimum Gasteiger partial charge on any atom is -0.342 e. The summed E-state index contributed by atoms with van der Waals surface area (Å²) in [5, 5.41) is 3.46. The summed E-state index contributed by atoms with van der Waals surface area (Å²) in [5.74, 6) is 1.05. The number of H-pyrrole nitrogens is 1. The number of benzene rings is 2. The van der Waals surface area contributed by atoms with E-state index in [4.69, 9.17) is 0 Å². The van der Waals surface area contributed by atoms with Crippen LogP contribution in [-0.4, -0.2) is 16.5 Å². The van der Waals surface area contributed by atoms with Crippen molar-refractivity contribution in [2.45, 2.75) is 26.3 Å². The van der Waals surface area contributed by atoms with Crippen LogP contribution < -0.4 is 5.32 Å².